The molecule has 3 rings (SSSR count). The van der Waals surface area contributed by atoms with Gasteiger partial charge in [-0.3, -0.25) is 9.36 Å². The number of aromatic hydroxyl groups is 1. The molecule has 0 amide bonds. The molecule has 0 saturated carbocycles. The monoisotopic (exact) mass is 288 g/mol. The van der Waals surface area contributed by atoms with E-state index in [1.54, 1.807) is 13.0 Å². The molecular formula is C15H11FNO2S. The number of hydrogen-bond donors (Lipinski definition) is 1. The molecule has 3 aromatic rings. The first-order valence-corrected chi connectivity index (χ1v) is 6.83. The first kappa shape index (κ1) is 12.9. The highest BCUT2D eigenvalue weighted by atomic mass is 32.1. The molecule has 2 heterocycles. The zero-order valence-electron chi connectivity index (χ0n) is 10.9. The van der Waals surface area contributed by atoms with Crippen molar-refractivity contribution < 1.29 is 14.3 Å². The summed E-state index contributed by atoms with van der Waals surface area (Å²) in [5, 5.41) is 9.91. The molecule has 0 saturated heterocycles. The van der Waals surface area contributed by atoms with Crippen molar-refractivity contribution in [2.24, 2.45) is 0 Å². The molecule has 20 heavy (non-hydrogen) atoms. The third-order valence-corrected chi connectivity index (χ3v) is 4.10. The van der Waals surface area contributed by atoms with Crippen LogP contribution >= 0.6 is 11.3 Å². The van der Waals surface area contributed by atoms with Crippen molar-refractivity contribution in [1.29, 1.82) is 0 Å². The van der Waals surface area contributed by atoms with Crippen LogP contribution in [0.5, 0.6) is 5.75 Å². The van der Waals surface area contributed by atoms with Crippen LogP contribution in [0, 0.1) is 25.7 Å². The Morgan fingerprint density at radius 3 is 2.75 bits per heavy atom. The molecule has 0 aliphatic carbocycles. The fraction of sp³-hybridized carbons (Fsp3) is 0.133. The van der Waals surface area contributed by atoms with Crippen LogP contribution in [0.2, 0.25) is 0 Å². The van der Waals surface area contributed by atoms with Crippen molar-refractivity contribution in [1.82, 2.24) is 4.57 Å². The third kappa shape index (κ3) is 1.91. The highest BCUT2D eigenvalue weighted by molar-refractivity contribution is 7.14. The Balaban J connectivity index is 2.23. The highest BCUT2D eigenvalue weighted by Crippen LogP contribution is 2.28. The van der Waals surface area contributed by atoms with Crippen LogP contribution in [0.1, 0.15) is 20.2 Å². The number of hydrogen-bond acceptors (Lipinski definition) is 3. The SMILES string of the molecule is Cc1ccc(C(=O)n2c(C)[c]c3cc(O)c(F)cc32)s1. The maximum absolute atomic E-state index is 13.5. The van der Waals surface area contributed by atoms with Gasteiger partial charge in [0.2, 0.25) is 0 Å². The smallest absolute Gasteiger partial charge is 0.272 e. The number of rotatable bonds is 1. The number of phenols is 1. The van der Waals surface area contributed by atoms with Crippen LogP contribution in [-0.4, -0.2) is 15.6 Å². The molecule has 5 heteroatoms. The lowest BCUT2D eigenvalue weighted by Gasteiger charge is -2.05. The van der Waals surface area contributed by atoms with Gasteiger partial charge in [0, 0.05) is 28.1 Å². The van der Waals surface area contributed by atoms with Gasteiger partial charge in [-0.1, -0.05) is 0 Å². The van der Waals surface area contributed by atoms with Gasteiger partial charge in [0.15, 0.2) is 11.6 Å². The predicted molar refractivity (Wildman–Crippen MR) is 75.9 cm³/mol. The van der Waals surface area contributed by atoms with E-state index in [0.29, 0.717) is 21.5 Å². The fourth-order valence-corrected chi connectivity index (χ4v) is 2.99. The number of aryl methyl sites for hydroxylation is 2. The number of carbonyl (C=O) groups is 1. The summed E-state index contributed by atoms with van der Waals surface area (Å²) in [5.74, 6) is -1.40. The number of fused-ring (bicyclic) bond motifs is 1. The Morgan fingerprint density at radius 2 is 2.10 bits per heavy atom. The van der Waals surface area contributed by atoms with Crippen LogP contribution in [0.15, 0.2) is 24.3 Å². The minimum atomic E-state index is -0.750. The minimum Gasteiger partial charge on any atom is -0.505 e. The first-order valence-electron chi connectivity index (χ1n) is 6.01. The van der Waals surface area contributed by atoms with Crippen LogP contribution in [0.3, 0.4) is 0 Å². The van der Waals surface area contributed by atoms with Gasteiger partial charge in [0.1, 0.15) is 0 Å². The van der Waals surface area contributed by atoms with E-state index < -0.39 is 11.6 Å². The van der Waals surface area contributed by atoms with E-state index in [9.17, 15) is 14.3 Å². The normalized spacial score (nSPS) is 11.2. The summed E-state index contributed by atoms with van der Waals surface area (Å²) in [6.45, 7) is 3.65. The predicted octanol–water partition coefficient (Wildman–Crippen LogP) is 3.65. The lowest BCUT2D eigenvalue weighted by atomic mass is 10.2. The van der Waals surface area contributed by atoms with Crippen molar-refractivity contribution in [3.05, 3.63) is 51.6 Å². The number of carbonyl (C=O) groups excluding carboxylic acids is 1. The van der Waals surface area contributed by atoms with Crippen LogP contribution in [0.25, 0.3) is 10.9 Å². The van der Waals surface area contributed by atoms with Crippen molar-refractivity contribution in [2.75, 3.05) is 0 Å². The van der Waals surface area contributed by atoms with E-state index in [1.165, 1.54) is 22.0 Å². The van der Waals surface area contributed by atoms with Gasteiger partial charge in [-0.05, 0) is 32.0 Å². The fourth-order valence-electron chi connectivity index (χ4n) is 2.19. The molecule has 2 aromatic heterocycles. The second-order valence-corrected chi connectivity index (χ2v) is 5.87. The molecule has 101 valence electrons. The summed E-state index contributed by atoms with van der Waals surface area (Å²) in [6, 6.07) is 9.04. The average Bonchev–Trinajstić information content (AvgIpc) is 2.93. The van der Waals surface area contributed by atoms with E-state index in [1.807, 2.05) is 13.0 Å². The largest absolute Gasteiger partial charge is 0.505 e. The van der Waals surface area contributed by atoms with Crippen molar-refractivity contribution >= 4 is 28.1 Å². The minimum absolute atomic E-state index is 0.211. The van der Waals surface area contributed by atoms with E-state index in [2.05, 4.69) is 6.07 Å². The molecule has 0 spiro atoms. The molecule has 0 fully saturated rings. The van der Waals surface area contributed by atoms with Crippen LogP contribution in [0.4, 0.5) is 4.39 Å². The average molecular weight is 288 g/mol. The maximum Gasteiger partial charge on any atom is 0.272 e. The maximum atomic E-state index is 13.5. The Morgan fingerprint density at radius 1 is 1.35 bits per heavy atom. The molecule has 1 aromatic carbocycles. The molecule has 1 N–H and O–H groups in total. The summed E-state index contributed by atoms with van der Waals surface area (Å²) in [4.78, 5) is 14.1. The number of halogens is 1. The Bertz CT molecular complexity index is 832. The Kier molecular flexibility index (Phi) is 2.87. The zero-order chi connectivity index (χ0) is 14.4. The molecule has 0 aliphatic rings. The van der Waals surface area contributed by atoms with E-state index >= 15 is 0 Å². The quantitative estimate of drug-likeness (QED) is 0.742. The summed E-state index contributed by atoms with van der Waals surface area (Å²) in [5.41, 5.74) is 0.995. The third-order valence-electron chi connectivity index (χ3n) is 3.11. The number of nitrogens with zero attached hydrogens (tertiary/aromatic N) is 1. The molecule has 0 aliphatic heterocycles. The van der Waals surface area contributed by atoms with Crippen molar-refractivity contribution in [3.8, 4) is 5.75 Å². The van der Waals surface area contributed by atoms with Crippen LogP contribution < -0.4 is 0 Å². The van der Waals surface area contributed by atoms with E-state index in [-0.39, 0.29) is 5.91 Å². The molecule has 3 nitrogen and oxygen atoms in total. The summed E-state index contributed by atoms with van der Waals surface area (Å²) in [6.07, 6.45) is 0. The number of phenolic OH excluding ortho intramolecular Hbond substituents is 1. The lowest BCUT2D eigenvalue weighted by molar-refractivity contribution is 0.0967. The topological polar surface area (TPSA) is 42.2 Å². The van der Waals surface area contributed by atoms with E-state index in [0.717, 1.165) is 10.9 Å². The number of aromatic nitrogens is 1. The molecule has 0 bridgehead atoms. The van der Waals surface area contributed by atoms with Gasteiger partial charge in [0.25, 0.3) is 5.91 Å². The van der Waals surface area contributed by atoms with Gasteiger partial charge in [0.05, 0.1) is 10.4 Å². The first-order chi connectivity index (χ1) is 9.47. The second-order valence-electron chi connectivity index (χ2n) is 4.58. The molecule has 1 radical (unpaired) electrons. The second kappa shape index (κ2) is 4.45. The van der Waals surface area contributed by atoms with Gasteiger partial charge >= 0.3 is 0 Å². The van der Waals surface area contributed by atoms with Crippen molar-refractivity contribution in [2.45, 2.75) is 13.8 Å². The summed E-state index contributed by atoms with van der Waals surface area (Å²) < 4.78 is 14.9. The summed E-state index contributed by atoms with van der Waals surface area (Å²) >= 11 is 1.39. The van der Waals surface area contributed by atoms with Gasteiger partial charge in [-0.2, -0.15) is 0 Å². The molecule has 0 unspecified atom stereocenters. The Labute approximate surface area is 118 Å². The Hall–Kier alpha value is -2.14. The highest BCUT2D eigenvalue weighted by Gasteiger charge is 2.18. The van der Waals surface area contributed by atoms with E-state index in [4.69, 9.17) is 0 Å². The number of thiophene rings is 1. The van der Waals surface area contributed by atoms with Gasteiger partial charge in [-0.15, -0.1) is 11.3 Å². The van der Waals surface area contributed by atoms with Crippen molar-refractivity contribution in [3.63, 3.8) is 0 Å². The standard InChI is InChI=1S/C15H11FNO2S/c1-8-5-10-6-13(18)11(16)7-12(10)17(8)15(19)14-4-3-9(2)20-14/h3-4,6-7,18H,1-2H3. The molecular weight excluding hydrogens is 277 g/mol. The van der Waals surface area contributed by atoms with Gasteiger partial charge in [-0.25, -0.2) is 4.39 Å². The summed E-state index contributed by atoms with van der Waals surface area (Å²) in [7, 11) is 0. The zero-order valence-corrected chi connectivity index (χ0v) is 11.7. The van der Waals surface area contributed by atoms with Crippen LogP contribution in [-0.2, 0) is 0 Å². The lowest BCUT2D eigenvalue weighted by Crippen LogP contribution is -2.11. The van der Waals surface area contributed by atoms with Gasteiger partial charge < -0.3 is 5.11 Å². The number of benzene rings is 1. The molecule has 0 atom stereocenters.